The molecule has 1 aliphatic rings. The summed E-state index contributed by atoms with van der Waals surface area (Å²) in [6, 6.07) is 2.21. The highest BCUT2D eigenvalue weighted by atomic mass is 32.2. The molecule has 8 nitrogen and oxygen atoms in total. The molecule has 0 unspecified atom stereocenters. The van der Waals surface area contributed by atoms with Gasteiger partial charge in [-0.25, -0.2) is 18.4 Å². The summed E-state index contributed by atoms with van der Waals surface area (Å²) >= 11 is 0. The fraction of sp³-hybridized carbons (Fsp3) is 0.571. The maximum atomic E-state index is 12.3. The van der Waals surface area contributed by atoms with Gasteiger partial charge in [-0.05, 0) is 43.2 Å². The van der Waals surface area contributed by atoms with Crippen molar-refractivity contribution in [1.29, 1.82) is 0 Å². The van der Waals surface area contributed by atoms with E-state index in [1.54, 1.807) is 0 Å². The van der Waals surface area contributed by atoms with Crippen molar-refractivity contribution in [3.05, 3.63) is 17.9 Å². The number of nitrogens with one attached hydrogen (secondary N) is 1. The second-order valence-electron chi connectivity index (χ2n) is 6.70. The molecule has 1 amide bonds. The van der Waals surface area contributed by atoms with Crippen LogP contribution in [-0.4, -0.2) is 30.9 Å². The van der Waals surface area contributed by atoms with E-state index in [1.165, 1.54) is 0 Å². The molecule has 0 spiro atoms. The number of carbonyl (C=O) groups excluding carboxylic acids is 1. The molecular formula is C14H20N2O6S. The Morgan fingerprint density at radius 1 is 1.30 bits per heavy atom. The van der Waals surface area contributed by atoms with Gasteiger partial charge in [0.15, 0.2) is 5.76 Å². The van der Waals surface area contributed by atoms with Gasteiger partial charge in [-0.1, -0.05) is 13.8 Å². The predicted octanol–water partition coefficient (Wildman–Crippen LogP) is 1.08. The van der Waals surface area contributed by atoms with Gasteiger partial charge in [0.2, 0.25) is 5.09 Å². The van der Waals surface area contributed by atoms with E-state index in [2.05, 4.69) is 5.32 Å². The number of rotatable bonds is 4. The van der Waals surface area contributed by atoms with Crippen molar-refractivity contribution < 1.29 is 27.5 Å². The summed E-state index contributed by atoms with van der Waals surface area (Å²) < 4.78 is 27.3. The van der Waals surface area contributed by atoms with Gasteiger partial charge in [0.1, 0.15) is 5.54 Å². The predicted molar refractivity (Wildman–Crippen MR) is 80.2 cm³/mol. The first-order valence-electron chi connectivity index (χ1n) is 7.14. The summed E-state index contributed by atoms with van der Waals surface area (Å²) in [7, 11) is -4.06. The Hall–Kier alpha value is -1.87. The molecule has 2 rings (SSSR count). The van der Waals surface area contributed by atoms with E-state index < -0.39 is 32.5 Å². The van der Waals surface area contributed by atoms with Crippen LogP contribution in [-0.2, 0) is 14.8 Å². The summed E-state index contributed by atoms with van der Waals surface area (Å²) in [5, 5.41) is 16.5. The fourth-order valence-electron chi connectivity index (χ4n) is 3.08. The lowest BCUT2D eigenvalue weighted by molar-refractivity contribution is -0.147. The molecule has 9 heteroatoms. The van der Waals surface area contributed by atoms with Crippen molar-refractivity contribution in [2.24, 2.45) is 10.6 Å². The Morgan fingerprint density at radius 2 is 1.96 bits per heavy atom. The third-order valence-corrected chi connectivity index (χ3v) is 4.87. The first-order chi connectivity index (χ1) is 10.5. The zero-order valence-corrected chi connectivity index (χ0v) is 13.8. The van der Waals surface area contributed by atoms with Crippen molar-refractivity contribution in [2.75, 3.05) is 0 Å². The minimum Gasteiger partial charge on any atom is -0.480 e. The number of furan rings is 1. The lowest BCUT2D eigenvalue weighted by atomic mass is 9.68. The van der Waals surface area contributed by atoms with Crippen LogP contribution in [0.5, 0.6) is 0 Å². The number of carbonyl (C=O) groups is 2. The van der Waals surface area contributed by atoms with Crippen molar-refractivity contribution in [3.63, 3.8) is 0 Å². The minimum atomic E-state index is -4.06. The average molecular weight is 344 g/mol. The van der Waals surface area contributed by atoms with Crippen LogP contribution in [0, 0.1) is 5.41 Å². The normalized spacial score (nSPS) is 24.1. The number of hydrogen-bond donors (Lipinski definition) is 3. The van der Waals surface area contributed by atoms with Gasteiger partial charge in [0.05, 0.1) is 0 Å². The summed E-state index contributed by atoms with van der Waals surface area (Å²) in [5.41, 5.74) is -1.62. The van der Waals surface area contributed by atoms with Gasteiger partial charge in [0, 0.05) is 0 Å². The highest BCUT2D eigenvalue weighted by Gasteiger charge is 2.47. The van der Waals surface area contributed by atoms with Gasteiger partial charge in [-0.2, -0.15) is 0 Å². The molecule has 1 fully saturated rings. The van der Waals surface area contributed by atoms with Gasteiger partial charge >= 0.3 is 5.97 Å². The number of primary sulfonamides is 1. The Kier molecular flexibility index (Phi) is 4.29. The van der Waals surface area contributed by atoms with Crippen molar-refractivity contribution >= 4 is 21.9 Å². The number of sulfonamides is 1. The van der Waals surface area contributed by atoms with Gasteiger partial charge in [-0.3, -0.25) is 4.79 Å². The molecule has 0 aliphatic heterocycles. The van der Waals surface area contributed by atoms with Crippen LogP contribution < -0.4 is 10.5 Å². The second kappa shape index (κ2) is 5.64. The lowest BCUT2D eigenvalue weighted by Gasteiger charge is -2.42. The smallest absolute Gasteiger partial charge is 0.329 e. The van der Waals surface area contributed by atoms with Crippen LogP contribution in [0.3, 0.4) is 0 Å². The van der Waals surface area contributed by atoms with Crippen molar-refractivity contribution in [1.82, 2.24) is 5.32 Å². The summed E-state index contributed by atoms with van der Waals surface area (Å²) in [4.78, 5) is 24.0. The number of aliphatic carboxylic acids is 1. The SMILES string of the molecule is CC1(C)CCC[C@@](NC(=O)c2ccc(S(N)(=O)=O)o2)(C(=O)O)C1. The Balaban J connectivity index is 2.25. The lowest BCUT2D eigenvalue weighted by Crippen LogP contribution is -2.58. The number of amides is 1. The molecule has 1 aromatic rings. The van der Waals surface area contributed by atoms with Gasteiger partial charge in [0.25, 0.3) is 15.9 Å². The molecule has 4 N–H and O–H groups in total. The van der Waals surface area contributed by atoms with Crippen molar-refractivity contribution in [2.45, 2.75) is 50.2 Å². The first-order valence-corrected chi connectivity index (χ1v) is 8.68. The monoisotopic (exact) mass is 344 g/mol. The van der Waals surface area contributed by atoms with E-state index in [0.29, 0.717) is 12.8 Å². The Labute approximate surface area is 134 Å². The number of nitrogens with two attached hydrogens (primary N) is 1. The van der Waals surface area contributed by atoms with E-state index in [-0.39, 0.29) is 17.6 Å². The summed E-state index contributed by atoms with van der Waals surface area (Å²) in [6.07, 6.45) is 2.12. The fourth-order valence-corrected chi connectivity index (χ4v) is 3.54. The standard InChI is InChI=1S/C14H20N2O6S/c1-13(2)6-3-7-14(8-13,12(18)19)16-11(17)9-4-5-10(22-9)23(15,20)21/h4-5H,3,6-8H2,1-2H3,(H,16,17)(H,18,19)(H2,15,20,21)/t14-/m0/s1. The van der Waals surface area contributed by atoms with E-state index in [1.807, 2.05) is 13.8 Å². The molecule has 1 saturated carbocycles. The molecule has 0 saturated heterocycles. The van der Waals surface area contributed by atoms with Gasteiger partial charge in [-0.15, -0.1) is 0 Å². The van der Waals surface area contributed by atoms with E-state index >= 15 is 0 Å². The molecule has 1 aromatic heterocycles. The molecule has 1 heterocycles. The van der Waals surface area contributed by atoms with E-state index in [4.69, 9.17) is 9.56 Å². The van der Waals surface area contributed by atoms with Gasteiger partial charge < -0.3 is 14.8 Å². The van der Waals surface area contributed by atoms with Crippen molar-refractivity contribution in [3.8, 4) is 0 Å². The molecule has 0 bridgehead atoms. The highest BCUT2D eigenvalue weighted by molar-refractivity contribution is 7.89. The van der Waals surface area contributed by atoms with Crippen LogP contribution in [0.2, 0.25) is 0 Å². The first kappa shape index (κ1) is 17.5. The molecule has 0 aromatic carbocycles. The molecule has 128 valence electrons. The molecule has 1 aliphatic carbocycles. The third kappa shape index (κ3) is 3.73. The molecule has 23 heavy (non-hydrogen) atoms. The zero-order valence-electron chi connectivity index (χ0n) is 13.0. The molecule has 1 atom stereocenters. The van der Waals surface area contributed by atoms with E-state index in [0.717, 1.165) is 18.6 Å². The van der Waals surface area contributed by atoms with Crippen LogP contribution in [0.25, 0.3) is 0 Å². The third-order valence-electron chi connectivity index (χ3n) is 4.09. The molecular weight excluding hydrogens is 324 g/mol. The van der Waals surface area contributed by atoms with Crippen LogP contribution in [0.4, 0.5) is 0 Å². The Bertz CT molecular complexity index is 736. The van der Waals surface area contributed by atoms with Crippen LogP contribution >= 0.6 is 0 Å². The number of carboxylic acid groups (broad SMARTS) is 1. The number of carboxylic acids is 1. The quantitative estimate of drug-likeness (QED) is 0.746. The maximum Gasteiger partial charge on any atom is 0.329 e. The summed E-state index contributed by atoms with van der Waals surface area (Å²) in [5.74, 6) is -2.19. The Morgan fingerprint density at radius 3 is 2.43 bits per heavy atom. The maximum absolute atomic E-state index is 12.3. The van der Waals surface area contributed by atoms with Crippen LogP contribution in [0.1, 0.15) is 50.1 Å². The largest absolute Gasteiger partial charge is 0.480 e. The topological polar surface area (TPSA) is 140 Å². The molecule has 0 radical (unpaired) electrons. The minimum absolute atomic E-state index is 0.223. The average Bonchev–Trinajstić information content (AvgIpc) is 2.86. The summed E-state index contributed by atoms with van der Waals surface area (Å²) in [6.45, 7) is 3.89. The van der Waals surface area contributed by atoms with Crippen LogP contribution in [0.15, 0.2) is 21.6 Å². The highest BCUT2D eigenvalue weighted by Crippen LogP contribution is 2.41. The number of hydrogen-bond acceptors (Lipinski definition) is 5. The zero-order chi connectivity index (χ0) is 17.5. The van der Waals surface area contributed by atoms with E-state index in [9.17, 15) is 23.1 Å². The second-order valence-corrected chi connectivity index (χ2v) is 8.19.